The quantitative estimate of drug-likeness (QED) is 0.754. The Morgan fingerprint density at radius 3 is 2.79 bits per heavy atom. The van der Waals surface area contributed by atoms with Gasteiger partial charge in [0.05, 0.1) is 11.9 Å². The highest BCUT2D eigenvalue weighted by Gasteiger charge is 2.01. The van der Waals surface area contributed by atoms with Gasteiger partial charge < -0.3 is 10.7 Å². The summed E-state index contributed by atoms with van der Waals surface area (Å²) in [6.45, 7) is 0.614. The van der Waals surface area contributed by atoms with Crippen molar-refractivity contribution in [3.63, 3.8) is 0 Å². The van der Waals surface area contributed by atoms with Crippen molar-refractivity contribution in [2.75, 3.05) is 6.54 Å². The number of aromatic amines is 1. The summed E-state index contributed by atoms with van der Waals surface area (Å²) in [6.07, 6.45) is 6.13. The van der Waals surface area contributed by atoms with Crippen LogP contribution in [0.25, 0.3) is 11.3 Å². The Balaban J connectivity index is 2.25. The smallest absolute Gasteiger partial charge is 0.107 e. The molecule has 2 aromatic rings. The molecule has 3 N–H and O–H groups in total. The van der Waals surface area contributed by atoms with E-state index in [0.29, 0.717) is 6.54 Å². The van der Waals surface area contributed by atoms with E-state index in [0.717, 1.165) is 23.5 Å². The highest BCUT2D eigenvalue weighted by Crippen LogP contribution is 2.15. The fourth-order valence-corrected chi connectivity index (χ4v) is 1.30. The summed E-state index contributed by atoms with van der Waals surface area (Å²) in [7, 11) is 0. The largest absolute Gasteiger partial charge is 0.342 e. The summed E-state index contributed by atoms with van der Waals surface area (Å²) in [5.41, 5.74) is 7.54. The van der Waals surface area contributed by atoms with Crippen molar-refractivity contribution in [1.82, 2.24) is 15.0 Å². The number of rotatable bonds is 3. The lowest BCUT2D eigenvalue weighted by Crippen LogP contribution is -2.03. The standard InChI is InChI=1S/C10H12N4/c11-4-1-10-13-7-9(14-10)8-2-5-12-6-3-8/h2-3,5-7H,1,4,11H2,(H,13,14). The molecule has 4 heteroatoms. The Bertz CT molecular complexity index is 394. The first kappa shape index (κ1) is 8.90. The van der Waals surface area contributed by atoms with Crippen LogP contribution >= 0.6 is 0 Å². The molecule has 0 saturated heterocycles. The molecule has 14 heavy (non-hydrogen) atoms. The number of pyridine rings is 1. The van der Waals surface area contributed by atoms with E-state index >= 15 is 0 Å². The third-order valence-electron chi connectivity index (χ3n) is 2.00. The highest BCUT2D eigenvalue weighted by molar-refractivity contribution is 5.57. The van der Waals surface area contributed by atoms with Crippen LogP contribution in [0, 0.1) is 0 Å². The van der Waals surface area contributed by atoms with Crippen molar-refractivity contribution in [2.24, 2.45) is 5.73 Å². The molecule has 2 rings (SSSR count). The van der Waals surface area contributed by atoms with Crippen LogP contribution in [0.15, 0.2) is 30.7 Å². The monoisotopic (exact) mass is 188 g/mol. The van der Waals surface area contributed by atoms with Crippen LogP contribution in [0.2, 0.25) is 0 Å². The zero-order valence-corrected chi connectivity index (χ0v) is 7.77. The lowest BCUT2D eigenvalue weighted by Gasteiger charge is -1.95. The van der Waals surface area contributed by atoms with Crippen LogP contribution in [0.3, 0.4) is 0 Å². The molecule has 0 aliphatic heterocycles. The molecule has 0 aliphatic carbocycles. The minimum Gasteiger partial charge on any atom is -0.342 e. The van der Waals surface area contributed by atoms with Gasteiger partial charge >= 0.3 is 0 Å². The van der Waals surface area contributed by atoms with Gasteiger partial charge in [0.25, 0.3) is 0 Å². The molecule has 2 aromatic heterocycles. The van der Waals surface area contributed by atoms with Gasteiger partial charge in [0.15, 0.2) is 0 Å². The Morgan fingerprint density at radius 1 is 1.29 bits per heavy atom. The van der Waals surface area contributed by atoms with E-state index in [4.69, 9.17) is 5.73 Å². The number of H-pyrrole nitrogens is 1. The predicted octanol–water partition coefficient (Wildman–Crippen LogP) is 0.973. The minimum absolute atomic E-state index is 0.614. The third-order valence-corrected chi connectivity index (χ3v) is 2.00. The average molecular weight is 188 g/mol. The lowest BCUT2D eigenvalue weighted by atomic mass is 10.2. The normalized spacial score (nSPS) is 10.4. The van der Waals surface area contributed by atoms with Crippen molar-refractivity contribution in [2.45, 2.75) is 6.42 Å². The van der Waals surface area contributed by atoms with E-state index in [2.05, 4.69) is 15.0 Å². The van der Waals surface area contributed by atoms with Gasteiger partial charge in [-0.15, -0.1) is 0 Å². The van der Waals surface area contributed by atoms with Gasteiger partial charge in [-0.3, -0.25) is 4.98 Å². The summed E-state index contributed by atoms with van der Waals surface area (Å²) >= 11 is 0. The molecule has 0 atom stereocenters. The number of hydrogen-bond donors (Lipinski definition) is 2. The molecular formula is C10H12N4. The maximum Gasteiger partial charge on any atom is 0.107 e. The minimum atomic E-state index is 0.614. The van der Waals surface area contributed by atoms with E-state index in [1.54, 1.807) is 12.4 Å². The van der Waals surface area contributed by atoms with Crippen LogP contribution in [0.4, 0.5) is 0 Å². The maximum atomic E-state index is 5.44. The summed E-state index contributed by atoms with van der Waals surface area (Å²) in [4.78, 5) is 11.4. The Kier molecular flexibility index (Phi) is 2.55. The second-order valence-electron chi connectivity index (χ2n) is 3.02. The van der Waals surface area contributed by atoms with Crippen molar-refractivity contribution in [3.05, 3.63) is 36.5 Å². The molecular weight excluding hydrogens is 176 g/mol. The molecule has 72 valence electrons. The molecule has 0 fully saturated rings. The first-order valence-corrected chi connectivity index (χ1v) is 4.54. The number of nitrogens with one attached hydrogen (secondary N) is 1. The summed E-state index contributed by atoms with van der Waals surface area (Å²) in [6, 6.07) is 3.89. The fraction of sp³-hybridized carbons (Fsp3) is 0.200. The summed E-state index contributed by atoms with van der Waals surface area (Å²) in [5, 5.41) is 0. The van der Waals surface area contributed by atoms with E-state index < -0.39 is 0 Å². The van der Waals surface area contributed by atoms with Crippen LogP contribution in [0.1, 0.15) is 5.82 Å². The zero-order chi connectivity index (χ0) is 9.80. The molecule has 0 amide bonds. The number of aromatic nitrogens is 3. The first-order chi connectivity index (χ1) is 6.90. The van der Waals surface area contributed by atoms with Gasteiger partial charge in [-0.2, -0.15) is 0 Å². The SMILES string of the molecule is NCCc1ncc(-c2ccncc2)[nH]1. The van der Waals surface area contributed by atoms with Crippen molar-refractivity contribution >= 4 is 0 Å². The lowest BCUT2D eigenvalue weighted by molar-refractivity contribution is 0.895. The fourth-order valence-electron chi connectivity index (χ4n) is 1.30. The predicted molar refractivity (Wildman–Crippen MR) is 54.6 cm³/mol. The highest BCUT2D eigenvalue weighted by atomic mass is 14.9. The molecule has 0 aromatic carbocycles. The summed E-state index contributed by atoms with van der Waals surface area (Å²) in [5.74, 6) is 0.930. The molecule has 0 unspecified atom stereocenters. The second kappa shape index (κ2) is 4.02. The molecule has 4 nitrogen and oxygen atoms in total. The van der Waals surface area contributed by atoms with Gasteiger partial charge in [0, 0.05) is 24.4 Å². The molecule has 0 bridgehead atoms. The third kappa shape index (κ3) is 1.80. The van der Waals surface area contributed by atoms with Crippen LogP contribution in [-0.2, 0) is 6.42 Å². The number of hydrogen-bond acceptors (Lipinski definition) is 3. The van der Waals surface area contributed by atoms with Crippen LogP contribution in [-0.4, -0.2) is 21.5 Å². The topological polar surface area (TPSA) is 67.6 Å². The van der Waals surface area contributed by atoms with Crippen molar-refractivity contribution in [3.8, 4) is 11.3 Å². The zero-order valence-electron chi connectivity index (χ0n) is 7.77. The van der Waals surface area contributed by atoms with E-state index in [1.807, 2.05) is 18.3 Å². The molecule has 0 spiro atoms. The number of nitrogens with zero attached hydrogens (tertiary/aromatic N) is 2. The van der Waals surface area contributed by atoms with Gasteiger partial charge in [0.1, 0.15) is 5.82 Å². The molecule has 0 saturated carbocycles. The molecule has 0 aliphatic rings. The number of nitrogens with two attached hydrogens (primary N) is 1. The Morgan fingerprint density at radius 2 is 2.07 bits per heavy atom. The number of imidazole rings is 1. The Labute approximate surface area is 82.2 Å². The van der Waals surface area contributed by atoms with Crippen molar-refractivity contribution in [1.29, 1.82) is 0 Å². The van der Waals surface area contributed by atoms with Crippen molar-refractivity contribution < 1.29 is 0 Å². The second-order valence-corrected chi connectivity index (χ2v) is 3.02. The molecule has 2 heterocycles. The maximum absolute atomic E-state index is 5.44. The van der Waals surface area contributed by atoms with Gasteiger partial charge in [-0.05, 0) is 18.7 Å². The molecule has 0 radical (unpaired) electrons. The van der Waals surface area contributed by atoms with E-state index in [1.165, 1.54) is 0 Å². The van der Waals surface area contributed by atoms with Gasteiger partial charge in [0.2, 0.25) is 0 Å². The average Bonchev–Trinajstić information content (AvgIpc) is 2.68. The van der Waals surface area contributed by atoms with Crippen LogP contribution < -0.4 is 5.73 Å². The van der Waals surface area contributed by atoms with E-state index in [9.17, 15) is 0 Å². The first-order valence-electron chi connectivity index (χ1n) is 4.54. The Hall–Kier alpha value is -1.68. The van der Waals surface area contributed by atoms with Crippen LogP contribution in [0.5, 0.6) is 0 Å². The van der Waals surface area contributed by atoms with Gasteiger partial charge in [-0.25, -0.2) is 4.98 Å². The van der Waals surface area contributed by atoms with E-state index in [-0.39, 0.29) is 0 Å². The van der Waals surface area contributed by atoms with Gasteiger partial charge in [-0.1, -0.05) is 0 Å². The summed E-state index contributed by atoms with van der Waals surface area (Å²) < 4.78 is 0.